The Hall–Kier alpha value is -0.460. The molecule has 0 aliphatic rings. The van der Waals surface area contributed by atoms with Crippen LogP contribution in [0.3, 0.4) is 0 Å². The number of aliphatic carboxylic acids is 1. The van der Waals surface area contributed by atoms with Gasteiger partial charge in [0.25, 0.3) is 0 Å². The van der Waals surface area contributed by atoms with Gasteiger partial charge in [0, 0.05) is 15.7 Å². The molecule has 0 radical (unpaired) electrons. The molecule has 0 aromatic heterocycles. The fourth-order valence-electron chi connectivity index (χ4n) is 0.954. The van der Waals surface area contributed by atoms with Gasteiger partial charge in [-0.3, -0.25) is 0 Å². The van der Waals surface area contributed by atoms with E-state index in [4.69, 9.17) is 23.2 Å². The molecule has 17 heavy (non-hydrogen) atoms. The predicted molar refractivity (Wildman–Crippen MR) is 58.5 cm³/mol. The quantitative estimate of drug-likeness (QED) is 0.622. The van der Waals surface area contributed by atoms with Gasteiger partial charge in [-0.15, -0.1) is 0 Å². The minimum atomic E-state index is -1.38. The van der Waals surface area contributed by atoms with Crippen molar-refractivity contribution in [2.75, 3.05) is 11.9 Å². The van der Waals surface area contributed by atoms with E-state index >= 15 is 0 Å². The van der Waals surface area contributed by atoms with Crippen LogP contribution in [0.5, 0.6) is 0 Å². The number of amides is 2. The van der Waals surface area contributed by atoms with Crippen molar-refractivity contribution in [1.29, 1.82) is 0 Å². The number of hydrogen-bond acceptors (Lipinski definition) is 3. The molecule has 0 heterocycles. The molecule has 86 valence electrons. The first-order valence-corrected chi connectivity index (χ1v) is 4.94. The summed E-state index contributed by atoms with van der Waals surface area (Å²) in [4.78, 5) is 21.2. The van der Waals surface area contributed by atoms with Gasteiger partial charge in [0.1, 0.15) is 0 Å². The predicted octanol–water partition coefficient (Wildman–Crippen LogP) is -2.13. The first-order chi connectivity index (χ1) is 7.47. The van der Waals surface area contributed by atoms with Gasteiger partial charge in [-0.2, -0.15) is 0 Å². The molecule has 0 fully saturated rings. The van der Waals surface area contributed by atoms with Crippen molar-refractivity contribution >= 4 is 40.9 Å². The third-order valence-electron chi connectivity index (χ3n) is 1.51. The summed E-state index contributed by atoms with van der Waals surface area (Å²) in [6.45, 7) is -0.569. The van der Waals surface area contributed by atoms with E-state index in [1.165, 1.54) is 18.2 Å². The Morgan fingerprint density at radius 1 is 1.18 bits per heavy atom. The van der Waals surface area contributed by atoms with Gasteiger partial charge in [-0.05, 0) is 18.2 Å². The largest absolute Gasteiger partial charge is 1.00 e. The molecule has 0 spiro atoms. The fourth-order valence-corrected chi connectivity index (χ4v) is 1.48. The van der Waals surface area contributed by atoms with Crippen molar-refractivity contribution in [3.8, 4) is 0 Å². The summed E-state index contributed by atoms with van der Waals surface area (Å²) in [6, 6.07) is 3.79. The van der Waals surface area contributed by atoms with Gasteiger partial charge >= 0.3 is 35.6 Å². The molecule has 1 aromatic carbocycles. The number of carbonyl (C=O) groups is 2. The number of urea groups is 1. The van der Waals surface area contributed by atoms with Gasteiger partial charge in [-0.1, -0.05) is 23.2 Å². The van der Waals surface area contributed by atoms with Crippen LogP contribution in [0.1, 0.15) is 0 Å². The second-order valence-corrected chi connectivity index (χ2v) is 3.71. The SMILES string of the molecule is O=C([O-])CNC(=O)Nc1cc(Cl)cc(Cl)c1.[Na+]. The Kier molecular flexibility index (Phi) is 7.58. The summed E-state index contributed by atoms with van der Waals surface area (Å²) in [7, 11) is 0. The summed E-state index contributed by atoms with van der Waals surface area (Å²) in [5.74, 6) is -1.38. The van der Waals surface area contributed by atoms with Crippen molar-refractivity contribution < 1.29 is 44.3 Å². The first kappa shape index (κ1) is 16.5. The Morgan fingerprint density at radius 3 is 2.18 bits per heavy atom. The van der Waals surface area contributed by atoms with Crippen molar-refractivity contribution in [3.05, 3.63) is 28.2 Å². The van der Waals surface area contributed by atoms with Gasteiger partial charge in [-0.25, -0.2) is 4.79 Å². The number of carboxylic acids is 1. The number of rotatable bonds is 3. The zero-order valence-corrected chi connectivity index (χ0v) is 12.4. The van der Waals surface area contributed by atoms with Crippen molar-refractivity contribution in [3.63, 3.8) is 0 Å². The van der Waals surface area contributed by atoms with E-state index in [1.54, 1.807) is 0 Å². The zero-order valence-electron chi connectivity index (χ0n) is 8.92. The summed E-state index contributed by atoms with van der Waals surface area (Å²) >= 11 is 11.4. The average molecular weight is 285 g/mol. The standard InChI is InChI=1S/C9H8Cl2N2O3.Na/c10-5-1-6(11)3-7(2-5)13-9(16)12-4-8(14)15;/h1-3H,4H2,(H,14,15)(H2,12,13,16);/q;+1/p-1. The Bertz CT molecular complexity index is 408. The monoisotopic (exact) mass is 284 g/mol. The molecule has 0 bridgehead atoms. The molecular formula is C9H7Cl2N2NaO3. The molecule has 0 unspecified atom stereocenters. The molecule has 0 aliphatic carbocycles. The second kappa shape index (κ2) is 7.79. The third kappa shape index (κ3) is 6.75. The number of carbonyl (C=O) groups excluding carboxylic acids is 2. The molecule has 8 heteroatoms. The second-order valence-electron chi connectivity index (χ2n) is 2.84. The number of anilines is 1. The molecule has 0 saturated heterocycles. The number of nitrogens with one attached hydrogen (secondary N) is 2. The number of halogens is 2. The molecular weight excluding hydrogens is 278 g/mol. The van der Waals surface area contributed by atoms with Gasteiger partial charge in [0.2, 0.25) is 0 Å². The zero-order chi connectivity index (χ0) is 12.1. The maximum Gasteiger partial charge on any atom is 1.00 e. The minimum absolute atomic E-state index is 0. The van der Waals surface area contributed by atoms with Crippen LogP contribution in [-0.4, -0.2) is 18.5 Å². The van der Waals surface area contributed by atoms with Crippen molar-refractivity contribution in [2.45, 2.75) is 0 Å². The minimum Gasteiger partial charge on any atom is -0.548 e. The van der Waals surface area contributed by atoms with Crippen LogP contribution in [0.15, 0.2) is 18.2 Å². The molecule has 0 aliphatic heterocycles. The summed E-state index contributed by atoms with van der Waals surface area (Å²) in [5, 5.41) is 15.2. The van der Waals surface area contributed by atoms with E-state index in [0.29, 0.717) is 15.7 Å². The Balaban J connectivity index is 0.00000256. The van der Waals surface area contributed by atoms with E-state index in [1.807, 2.05) is 0 Å². The smallest absolute Gasteiger partial charge is 0.548 e. The van der Waals surface area contributed by atoms with Gasteiger partial charge in [0.15, 0.2) is 0 Å². The number of benzene rings is 1. The van der Waals surface area contributed by atoms with Gasteiger partial charge < -0.3 is 20.5 Å². The molecule has 1 rings (SSSR count). The van der Waals surface area contributed by atoms with E-state index in [9.17, 15) is 14.7 Å². The van der Waals surface area contributed by atoms with Crippen molar-refractivity contribution in [2.24, 2.45) is 0 Å². The number of hydrogen-bond donors (Lipinski definition) is 2. The topological polar surface area (TPSA) is 81.3 Å². The fraction of sp³-hybridized carbons (Fsp3) is 0.111. The maximum absolute atomic E-state index is 11.1. The van der Waals surface area contributed by atoms with Crippen LogP contribution < -0.4 is 45.3 Å². The van der Waals surface area contributed by atoms with Crippen LogP contribution in [0, 0.1) is 0 Å². The average Bonchev–Trinajstić information content (AvgIpc) is 2.12. The van der Waals surface area contributed by atoms with Crippen LogP contribution in [0.25, 0.3) is 0 Å². The normalized spacial score (nSPS) is 9.06. The summed E-state index contributed by atoms with van der Waals surface area (Å²) in [6.07, 6.45) is 0. The van der Waals surface area contributed by atoms with Crippen LogP contribution >= 0.6 is 23.2 Å². The van der Waals surface area contributed by atoms with Crippen LogP contribution in [0.4, 0.5) is 10.5 Å². The van der Waals surface area contributed by atoms with E-state index < -0.39 is 18.5 Å². The molecule has 0 atom stereocenters. The Morgan fingerprint density at radius 2 is 1.71 bits per heavy atom. The molecule has 5 nitrogen and oxygen atoms in total. The Labute approximate surface area is 130 Å². The molecule has 0 saturated carbocycles. The van der Waals surface area contributed by atoms with Crippen LogP contribution in [0.2, 0.25) is 10.0 Å². The van der Waals surface area contributed by atoms with Crippen molar-refractivity contribution in [1.82, 2.24) is 5.32 Å². The van der Waals surface area contributed by atoms with E-state index in [-0.39, 0.29) is 29.6 Å². The molecule has 2 N–H and O–H groups in total. The first-order valence-electron chi connectivity index (χ1n) is 4.18. The van der Waals surface area contributed by atoms with Gasteiger partial charge in [0.05, 0.1) is 12.5 Å². The third-order valence-corrected chi connectivity index (χ3v) is 1.95. The van der Waals surface area contributed by atoms with Crippen LogP contribution in [-0.2, 0) is 4.79 Å². The maximum atomic E-state index is 11.1. The summed E-state index contributed by atoms with van der Waals surface area (Å²) in [5.41, 5.74) is 0.369. The van der Waals surface area contributed by atoms with E-state index in [0.717, 1.165) is 0 Å². The molecule has 2 amide bonds. The van der Waals surface area contributed by atoms with E-state index in [2.05, 4.69) is 10.6 Å². The number of carboxylic acid groups (broad SMARTS) is 1. The summed E-state index contributed by atoms with van der Waals surface area (Å²) < 4.78 is 0. The molecule has 1 aromatic rings.